The fourth-order valence-corrected chi connectivity index (χ4v) is 1.88. The van der Waals surface area contributed by atoms with E-state index in [9.17, 15) is 0 Å². The first-order chi connectivity index (χ1) is 6.93. The van der Waals surface area contributed by atoms with Crippen molar-refractivity contribution in [1.29, 1.82) is 0 Å². The SMILES string of the molecule is [Na+].[OH-].c1ccc2cc3ccccc3cc2c1. The molecule has 16 heavy (non-hydrogen) atoms. The normalized spacial score (nSPS) is 9.50. The molecule has 0 heterocycles. The van der Waals surface area contributed by atoms with E-state index < -0.39 is 0 Å². The van der Waals surface area contributed by atoms with E-state index in [1.54, 1.807) is 0 Å². The molecule has 3 rings (SSSR count). The van der Waals surface area contributed by atoms with Gasteiger partial charge in [0.15, 0.2) is 0 Å². The molecule has 0 atom stereocenters. The van der Waals surface area contributed by atoms with Crippen LogP contribution in [-0.4, -0.2) is 5.48 Å². The third kappa shape index (κ3) is 2.28. The van der Waals surface area contributed by atoms with Gasteiger partial charge in [-0.1, -0.05) is 48.5 Å². The van der Waals surface area contributed by atoms with Gasteiger partial charge in [0.2, 0.25) is 0 Å². The van der Waals surface area contributed by atoms with Gasteiger partial charge < -0.3 is 5.48 Å². The van der Waals surface area contributed by atoms with Crippen molar-refractivity contribution in [2.24, 2.45) is 0 Å². The van der Waals surface area contributed by atoms with Crippen LogP contribution < -0.4 is 29.6 Å². The number of hydrogen-bond acceptors (Lipinski definition) is 1. The fourth-order valence-electron chi connectivity index (χ4n) is 1.88. The molecule has 0 aliphatic heterocycles. The minimum absolute atomic E-state index is 0. The summed E-state index contributed by atoms with van der Waals surface area (Å²) in [6.07, 6.45) is 0. The maximum absolute atomic E-state index is 2.24. The quantitative estimate of drug-likeness (QED) is 0.406. The second-order valence-corrected chi connectivity index (χ2v) is 3.55. The van der Waals surface area contributed by atoms with E-state index >= 15 is 0 Å². The van der Waals surface area contributed by atoms with Gasteiger partial charge in [0, 0.05) is 0 Å². The summed E-state index contributed by atoms with van der Waals surface area (Å²) < 4.78 is 0. The molecule has 0 amide bonds. The van der Waals surface area contributed by atoms with Crippen LogP contribution in [0.2, 0.25) is 0 Å². The molecule has 0 unspecified atom stereocenters. The van der Waals surface area contributed by atoms with Gasteiger partial charge in [0.1, 0.15) is 0 Å². The predicted octanol–water partition coefficient (Wildman–Crippen LogP) is 0.820. The van der Waals surface area contributed by atoms with Crippen molar-refractivity contribution in [3.8, 4) is 0 Å². The third-order valence-electron chi connectivity index (χ3n) is 2.61. The molecule has 3 aromatic carbocycles. The summed E-state index contributed by atoms with van der Waals surface area (Å²) in [5.41, 5.74) is 0. The van der Waals surface area contributed by atoms with Gasteiger partial charge in [-0.3, -0.25) is 0 Å². The van der Waals surface area contributed by atoms with Gasteiger partial charge in [-0.2, -0.15) is 0 Å². The minimum Gasteiger partial charge on any atom is -0.870 e. The largest absolute Gasteiger partial charge is 1.00 e. The average Bonchev–Trinajstić information content (AvgIpc) is 2.26. The van der Waals surface area contributed by atoms with Crippen LogP contribution in [-0.2, 0) is 0 Å². The summed E-state index contributed by atoms with van der Waals surface area (Å²) >= 11 is 0. The van der Waals surface area contributed by atoms with Crippen LogP contribution in [0, 0.1) is 0 Å². The molecule has 0 aliphatic rings. The van der Waals surface area contributed by atoms with E-state index in [4.69, 9.17) is 0 Å². The van der Waals surface area contributed by atoms with Crippen molar-refractivity contribution in [1.82, 2.24) is 0 Å². The first-order valence-corrected chi connectivity index (χ1v) is 4.81. The van der Waals surface area contributed by atoms with E-state index in [0.29, 0.717) is 0 Å². The van der Waals surface area contributed by atoms with Gasteiger partial charge in [0.25, 0.3) is 0 Å². The smallest absolute Gasteiger partial charge is 0.870 e. The monoisotopic (exact) mass is 218 g/mol. The molecule has 1 N–H and O–H groups in total. The second-order valence-electron chi connectivity index (χ2n) is 3.55. The van der Waals surface area contributed by atoms with E-state index in [1.807, 2.05) is 0 Å². The first kappa shape index (κ1) is 13.2. The zero-order valence-corrected chi connectivity index (χ0v) is 11.2. The van der Waals surface area contributed by atoms with Crippen LogP contribution in [0.15, 0.2) is 60.7 Å². The fraction of sp³-hybridized carbons (Fsp3) is 0. The Morgan fingerprint density at radius 3 is 1.00 bits per heavy atom. The Morgan fingerprint density at radius 2 is 0.750 bits per heavy atom. The molecule has 0 radical (unpaired) electrons. The molecule has 0 spiro atoms. The van der Waals surface area contributed by atoms with Crippen molar-refractivity contribution < 1.29 is 35.0 Å². The van der Waals surface area contributed by atoms with Crippen molar-refractivity contribution in [2.75, 3.05) is 0 Å². The van der Waals surface area contributed by atoms with Crippen molar-refractivity contribution in [3.63, 3.8) is 0 Å². The number of fused-ring (bicyclic) bond motifs is 2. The van der Waals surface area contributed by atoms with Crippen molar-refractivity contribution >= 4 is 21.5 Å². The Morgan fingerprint density at radius 1 is 0.500 bits per heavy atom. The van der Waals surface area contributed by atoms with Crippen LogP contribution in [0.1, 0.15) is 0 Å². The van der Waals surface area contributed by atoms with Crippen LogP contribution in [0.25, 0.3) is 21.5 Å². The molecule has 0 aliphatic carbocycles. The van der Waals surface area contributed by atoms with Crippen LogP contribution >= 0.6 is 0 Å². The van der Waals surface area contributed by atoms with E-state index in [-0.39, 0.29) is 35.0 Å². The predicted molar refractivity (Wildman–Crippen MR) is 63.4 cm³/mol. The summed E-state index contributed by atoms with van der Waals surface area (Å²) in [5.74, 6) is 0. The zero-order valence-electron chi connectivity index (χ0n) is 9.22. The average molecular weight is 218 g/mol. The van der Waals surface area contributed by atoms with Gasteiger partial charge in [-0.05, 0) is 33.7 Å². The molecule has 74 valence electrons. The Kier molecular flexibility index (Phi) is 4.51. The number of hydrogen-bond donors (Lipinski definition) is 0. The molecule has 0 saturated heterocycles. The van der Waals surface area contributed by atoms with Crippen molar-refractivity contribution in [2.45, 2.75) is 0 Å². The number of rotatable bonds is 0. The van der Waals surface area contributed by atoms with Gasteiger partial charge in [-0.15, -0.1) is 0 Å². The Bertz CT molecular complexity index is 499. The topological polar surface area (TPSA) is 30.0 Å². The van der Waals surface area contributed by atoms with E-state index in [2.05, 4.69) is 60.7 Å². The standard InChI is InChI=1S/C14H10.Na.H2O/c1-2-6-12-10-14-8-4-3-7-13(14)9-11(12)5-1;;/h1-10H;;1H2/q;+1;/p-1. The molecular formula is C14H11NaO. The van der Waals surface area contributed by atoms with Gasteiger partial charge in [0.05, 0.1) is 0 Å². The molecule has 3 aromatic rings. The maximum atomic E-state index is 2.24. The van der Waals surface area contributed by atoms with Crippen LogP contribution in [0.4, 0.5) is 0 Å². The van der Waals surface area contributed by atoms with Gasteiger partial charge >= 0.3 is 29.6 Å². The zero-order chi connectivity index (χ0) is 9.38. The third-order valence-corrected chi connectivity index (χ3v) is 2.61. The summed E-state index contributed by atoms with van der Waals surface area (Å²) in [4.78, 5) is 0. The minimum atomic E-state index is 0. The molecule has 0 aromatic heterocycles. The molecule has 2 heteroatoms. The summed E-state index contributed by atoms with van der Waals surface area (Å²) in [6.45, 7) is 0. The maximum Gasteiger partial charge on any atom is 1.00 e. The first-order valence-electron chi connectivity index (χ1n) is 4.81. The Labute approximate surface area is 117 Å². The summed E-state index contributed by atoms with van der Waals surface area (Å²) in [7, 11) is 0. The number of benzene rings is 3. The van der Waals surface area contributed by atoms with E-state index in [0.717, 1.165) is 0 Å². The summed E-state index contributed by atoms with van der Waals surface area (Å²) in [5, 5.41) is 5.25. The van der Waals surface area contributed by atoms with Gasteiger partial charge in [-0.25, -0.2) is 0 Å². The molecule has 0 bridgehead atoms. The Hall–Kier alpha value is -0.860. The molecular weight excluding hydrogens is 207 g/mol. The van der Waals surface area contributed by atoms with Crippen LogP contribution in [0.5, 0.6) is 0 Å². The second kappa shape index (κ2) is 5.46. The summed E-state index contributed by atoms with van der Waals surface area (Å²) in [6, 6.07) is 21.4. The molecule has 0 saturated carbocycles. The van der Waals surface area contributed by atoms with E-state index in [1.165, 1.54) is 21.5 Å². The Balaban J connectivity index is 0.000000640. The van der Waals surface area contributed by atoms with Crippen molar-refractivity contribution in [3.05, 3.63) is 60.7 Å². The molecule has 1 nitrogen and oxygen atoms in total. The molecule has 0 fully saturated rings. The van der Waals surface area contributed by atoms with Crippen LogP contribution in [0.3, 0.4) is 0 Å².